The Kier molecular flexibility index (Phi) is 5.65. The highest BCUT2D eigenvalue weighted by Crippen LogP contribution is 2.22. The number of hydrogen-bond acceptors (Lipinski definition) is 4. The van der Waals surface area contributed by atoms with Gasteiger partial charge in [0.1, 0.15) is 6.10 Å². The van der Waals surface area contributed by atoms with Crippen molar-refractivity contribution < 1.29 is 13.9 Å². The van der Waals surface area contributed by atoms with Crippen molar-refractivity contribution in [2.45, 2.75) is 37.8 Å². The second-order valence-electron chi connectivity index (χ2n) is 5.88. The molecule has 25 heavy (non-hydrogen) atoms. The lowest BCUT2D eigenvalue weighted by molar-refractivity contribution is 0.129. The van der Waals surface area contributed by atoms with Crippen molar-refractivity contribution in [3.8, 4) is 6.01 Å². The summed E-state index contributed by atoms with van der Waals surface area (Å²) in [6.07, 6.45) is 5.26. The number of benzene rings is 1. The molecule has 1 aromatic heterocycles. The Morgan fingerprint density at radius 2 is 1.76 bits per heavy atom. The van der Waals surface area contributed by atoms with Crippen molar-refractivity contribution in [1.82, 2.24) is 15.3 Å². The fourth-order valence-electron chi connectivity index (χ4n) is 2.72. The largest absolute Gasteiger partial charge is 0.460 e. The summed E-state index contributed by atoms with van der Waals surface area (Å²) in [5.41, 5.74) is 0.687. The molecule has 1 heterocycles. The van der Waals surface area contributed by atoms with Gasteiger partial charge in [-0.2, -0.15) is 0 Å². The Labute approximate surface area is 149 Å². The van der Waals surface area contributed by atoms with Crippen molar-refractivity contribution in [2.24, 2.45) is 0 Å². The van der Waals surface area contributed by atoms with Crippen LogP contribution in [0.2, 0.25) is 5.02 Å². The predicted molar refractivity (Wildman–Crippen MR) is 92.3 cm³/mol. The summed E-state index contributed by atoms with van der Waals surface area (Å²) >= 11 is 5.82. The van der Waals surface area contributed by atoms with Gasteiger partial charge in [-0.25, -0.2) is 19.2 Å². The SMILES string of the molecule is O=C(Nc1ccc(Cl)cc1)NC1CCC(Oc2ncc(F)cn2)CC1. The maximum absolute atomic E-state index is 12.8. The number of rotatable bonds is 4. The standard InChI is InChI=1S/C17H18ClFN4O2/c18-11-1-3-13(4-2-11)22-16(24)23-14-5-7-15(8-6-14)25-17-20-9-12(19)10-21-17/h1-4,9-10,14-15H,5-8H2,(H2,22,23,24). The molecule has 0 spiro atoms. The highest BCUT2D eigenvalue weighted by Gasteiger charge is 2.24. The van der Waals surface area contributed by atoms with Crippen molar-refractivity contribution in [2.75, 3.05) is 5.32 Å². The Bertz CT molecular complexity index is 704. The summed E-state index contributed by atoms with van der Waals surface area (Å²) < 4.78 is 18.4. The summed E-state index contributed by atoms with van der Waals surface area (Å²) in [5.74, 6) is -0.494. The first-order valence-electron chi connectivity index (χ1n) is 8.06. The number of nitrogens with zero attached hydrogens (tertiary/aromatic N) is 2. The summed E-state index contributed by atoms with van der Waals surface area (Å²) in [6.45, 7) is 0. The molecule has 0 atom stereocenters. The van der Waals surface area contributed by atoms with Gasteiger partial charge in [0, 0.05) is 16.8 Å². The van der Waals surface area contributed by atoms with Crippen LogP contribution in [0, 0.1) is 5.82 Å². The van der Waals surface area contributed by atoms with E-state index in [1.165, 1.54) is 0 Å². The Balaban J connectivity index is 1.42. The fourth-order valence-corrected chi connectivity index (χ4v) is 2.85. The van der Waals surface area contributed by atoms with Gasteiger partial charge < -0.3 is 15.4 Å². The number of amides is 2. The fraction of sp³-hybridized carbons (Fsp3) is 0.353. The molecule has 1 saturated carbocycles. The van der Waals surface area contributed by atoms with Crippen LogP contribution in [-0.2, 0) is 0 Å². The van der Waals surface area contributed by atoms with E-state index in [4.69, 9.17) is 16.3 Å². The molecule has 1 aliphatic rings. The van der Waals surface area contributed by atoms with Crippen molar-refractivity contribution in [3.05, 3.63) is 47.5 Å². The number of ether oxygens (including phenoxy) is 1. The minimum Gasteiger partial charge on any atom is -0.460 e. The molecule has 2 aromatic rings. The number of halogens is 2. The molecule has 2 N–H and O–H groups in total. The quantitative estimate of drug-likeness (QED) is 0.865. The third-order valence-electron chi connectivity index (χ3n) is 3.98. The average molecular weight is 365 g/mol. The van der Waals surface area contributed by atoms with Gasteiger partial charge in [0.2, 0.25) is 0 Å². The molecule has 0 aliphatic heterocycles. The lowest BCUT2D eigenvalue weighted by atomic mass is 9.93. The van der Waals surface area contributed by atoms with E-state index in [0.29, 0.717) is 10.7 Å². The van der Waals surface area contributed by atoms with Gasteiger partial charge >= 0.3 is 12.0 Å². The number of nitrogens with one attached hydrogen (secondary N) is 2. The molecule has 3 rings (SSSR count). The molecule has 1 aromatic carbocycles. The topological polar surface area (TPSA) is 76.1 Å². The van der Waals surface area contributed by atoms with Gasteiger partial charge in [-0.15, -0.1) is 0 Å². The number of hydrogen-bond donors (Lipinski definition) is 2. The van der Waals surface area contributed by atoms with Crippen LogP contribution in [0.25, 0.3) is 0 Å². The lowest BCUT2D eigenvalue weighted by Gasteiger charge is -2.28. The van der Waals surface area contributed by atoms with Gasteiger partial charge in [-0.1, -0.05) is 11.6 Å². The van der Waals surface area contributed by atoms with Gasteiger partial charge in [0.25, 0.3) is 0 Å². The van der Waals surface area contributed by atoms with Gasteiger partial charge in [0.15, 0.2) is 5.82 Å². The number of carbonyl (C=O) groups is 1. The van der Waals surface area contributed by atoms with E-state index >= 15 is 0 Å². The van der Waals surface area contributed by atoms with Crippen LogP contribution in [0.3, 0.4) is 0 Å². The molecule has 0 saturated heterocycles. The average Bonchev–Trinajstić information content (AvgIpc) is 2.61. The van der Waals surface area contributed by atoms with E-state index < -0.39 is 5.82 Å². The zero-order valence-corrected chi connectivity index (χ0v) is 14.2. The molecule has 0 bridgehead atoms. The second-order valence-corrected chi connectivity index (χ2v) is 6.32. The highest BCUT2D eigenvalue weighted by atomic mass is 35.5. The lowest BCUT2D eigenvalue weighted by Crippen LogP contribution is -2.41. The maximum atomic E-state index is 12.8. The van der Waals surface area contributed by atoms with Crippen molar-refractivity contribution >= 4 is 23.3 Å². The van der Waals surface area contributed by atoms with Crippen molar-refractivity contribution in [3.63, 3.8) is 0 Å². The first-order chi connectivity index (χ1) is 12.1. The minimum absolute atomic E-state index is 0.0252. The molecular formula is C17H18ClFN4O2. The molecule has 1 aliphatic carbocycles. The van der Waals surface area contributed by atoms with Crippen LogP contribution < -0.4 is 15.4 Å². The van der Waals surface area contributed by atoms with E-state index in [1.807, 2.05) is 0 Å². The van der Waals surface area contributed by atoms with Crippen molar-refractivity contribution in [1.29, 1.82) is 0 Å². The Morgan fingerprint density at radius 1 is 1.12 bits per heavy atom. The first-order valence-corrected chi connectivity index (χ1v) is 8.43. The Morgan fingerprint density at radius 3 is 2.40 bits per heavy atom. The van der Waals surface area contributed by atoms with Crippen LogP contribution in [-0.4, -0.2) is 28.1 Å². The van der Waals surface area contributed by atoms with E-state index in [1.54, 1.807) is 24.3 Å². The summed E-state index contributed by atoms with van der Waals surface area (Å²) in [7, 11) is 0. The van der Waals surface area contributed by atoms with Gasteiger partial charge in [-0.3, -0.25) is 0 Å². The van der Waals surface area contributed by atoms with E-state index in [2.05, 4.69) is 20.6 Å². The van der Waals surface area contributed by atoms with Crippen LogP contribution in [0.1, 0.15) is 25.7 Å². The molecule has 0 radical (unpaired) electrons. The third kappa shape index (κ3) is 5.29. The highest BCUT2D eigenvalue weighted by molar-refractivity contribution is 6.30. The van der Waals surface area contributed by atoms with Crippen LogP contribution in [0.5, 0.6) is 6.01 Å². The van der Waals surface area contributed by atoms with E-state index in [-0.39, 0.29) is 24.2 Å². The monoisotopic (exact) mass is 364 g/mol. The van der Waals surface area contributed by atoms with Crippen LogP contribution in [0.4, 0.5) is 14.9 Å². The minimum atomic E-state index is -0.494. The number of aromatic nitrogens is 2. The Hall–Kier alpha value is -2.41. The number of anilines is 1. The molecule has 1 fully saturated rings. The normalized spacial score (nSPS) is 19.9. The molecule has 6 nitrogen and oxygen atoms in total. The smallest absolute Gasteiger partial charge is 0.319 e. The third-order valence-corrected chi connectivity index (χ3v) is 4.23. The van der Waals surface area contributed by atoms with E-state index in [0.717, 1.165) is 38.1 Å². The zero-order valence-electron chi connectivity index (χ0n) is 13.4. The molecule has 0 unspecified atom stereocenters. The number of carbonyl (C=O) groups excluding carboxylic acids is 1. The summed E-state index contributed by atoms with van der Waals surface area (Å²) in [5, 5.41) is 6.35. The molecular weight excluding hydrogens is 347 g/mol. The zero-order chi connectivity index (χ0) is 17.6. The summed E-state index contributed by atoms with van der Waals surface area (Å²) in [6, 6.07) is 6.95. The van der Waals surface area contributed by atoms with Gasteiger partial charge in [0.05, 0.1) is 12.4 Å². The summed E-state index contributed by atoms with van der Waals surface area (Å²) in [4.78, 5) is 19.6. The maximum Gasteiger partial charge on any atom is 0.319 e. The molecule has 8 heteroatoms. The predicted octanol–water partition coefficient (Wildman–Crippen LogP) is 3.78. The first kappa shape index (κ1) is 17.4. The van der Waals surface area contributed by atoms with E-state index in [9.17, 15) is 9.18 Å². The molecule has 132 valence electrons. The van der Waals surface area contributed by atoms with Crippen LogP contribution >= 0.6 is 11.6 Å². The second kappa shape index (κ2) is 8.11. The van der Waals surface area contributed by atoms with Crippen LogP contribution in [0.15, 0.2) is 36.7 Å². The van der Waals surface area contributed by atoms with Gasteiger partial charge in [-0.05, 0) is 49.9 Å². The number of urea groups is 1. The molecule has 2 amide bonds.